The molecule has 2 saturated heterocycles. The molecule has 2 aromatic rings. The molecule has 2 aromatic carbocycles. The number of nitrogens with zero attached hydrogens (tertiary/aromatic N) is 1. The van der Waals surface area contributed by atoms with Gasteiger partial charge in [0.25, 0.3) is 0 Å². The third-order valence-electron chi connectivity index (χ3n) is 6.02. The van der Waals surface area contributed by atoms with Gasteiger partial charge >= 0.3 is 0 Å². The number of likely N-dealkylation sites (N-methyl/N-ethyl adjacent to an activating group) is 1. The molecule has 0 aromatic heterocycles. The van der Waals surface area contributed by atoms with Crippen molar-refractivity contribution in [2.75, 3.05) is 12.8 Å². The van der Waals surface area contributed by atoms with Crippen LogP contribution < -0.4 is 0 Å². The zero-order chi connectivity index (χ0) is 20.9. The highest BCUT2D eigenvalue weighted by atomic mass is 32.2. The van der Waals surface area contributed by atoms with E-state index in [0.717, 1.165) is 5.56 Å². The van der Waals surface area contributed by atoms with Crippen LogP contribution in [-0.2, 0) is 25.7 Å². The molecule has 2 aliphatic rings. The summed E-state index contributed by atoms with van der Waals surface area (Å²) in [5, 5.41) is 13.8. The molecule has 29 heavy (non-hydrogen) atoms. The summed E-state index contributed by atoms with van der Waals surface area (Å²) in [4.78, 5) is 0.223. The van der Waals surface area contributed by atoms with Crippen LogP contribution in [0.15, 0.2) is 65.6 Å². The van der Waals surface area contributed by atoms with Crippen LogP contribution in [0.3, 0.4) is 0 Å². The first-order chi connectivity index (χ1) is 13.6. The second-order valence-corrected chi connectivity index (χ2v) is 10.6. The van der Waals surface area contributed by atoms with Crippen LogP contribution in [0.2, 0.25) is 0 Å². The normalized spacial score (nSPS) is 33.5. The third kappa shape index (κ3) is 3.85. The third-order valence-corrected chi connectivity index (χ3v) is 7.79. The quantitative estimate of drug-likeness (QED) is 0.552. The molecule has 5 atom stereocenters. The Kier molecular flexibility index (Phi) is 5.07. The predicted molar refractivity (Wildman–Crippen MR) is 110 cm³/mol. The molecule has 0 radical (unpaired) electrons. The Hall–Kier alpha value is -1.77. The van der Waals surface area contributed by atoms with Crippen LogP contribution in [-0.4, -0.2) is 55.9 Å². The van der Waals surface area contributed by atoms with Crippen LogP contribution in [0.4, 0.5) is 0 Å². The van der Waals surface area contributed by atoms with Crippen molar-refractivity contribution >= 4 is 9.84 Å². The Morgan fingerprint density at radius 2 is 1.45 bits per heavy atom. The van der Waals surface area contributed by atoms with Crippen LogP contribution >= 0.6 is 0 Å². The molecule has 6 nitrogen and oxygen atoms in total. The minimum atomic E-state index is -3.64. The van der Waals surface area contributed by atoms with E-state index in [1.807, 2.05) is 44.2 Å². The number of fused-ring (bicyclic) bond motifs is 1. The Morgan fingerprint density at radius 1 is 0.931 bits per heavy atom. The van der Waals surface area contributed by atoms with Crippen molar-refractivity contribution in [2.45, 2.75) is 55.2 Å². The van der Waals surface area contributed by atoms with Crippen molar-refractivity contribution in [3.63, 3.8) is 0 Å². The van der Waals surface area contributed by atoms with Gasteiger partial charge in [0.05, 0.1) is 11.9 Å². The fourth-order valence-corrected chi connectivity index (χ4v) is 6.29. The molecule has 0 bridgehead atoms. The predicted octanol–water partition coefficient (Wildman–Crippen LogP) is 2.92. The molecule has 0 unspecified atom stereocenters. The molecule has 2 fully saturated rings. The molecule has 0 N–H and O–H groups in total. The number of likely N-dealkylation sites (tertiary alicyclic amines) is 1. The summed E-state index contributed by atoms with van der Waals surface area (Å²) < 4.78 is 37.6. The minimum absolute atomic E-state index is 0.223. The Balaban J connectivity index is 1.68. The number of benzene rings is 2. The van der Waals surface area contributed by atoms with Crippen molar-refractivity contribution in [3.8, 4) is 0 Å². The van der Waals surface area contributed by atoms with Gasteiger partial charge in [0, 0.05) is 6.42 Å². The fraction of sp³-hybridized carbons (Fsp3) is 0.455. The maximum absolute atomic E-state index is 13.8. The Labute approximate surface area is 172 Å². The summed E-state index contributed by atoms with van der Waals surface area (Å²) in [5.41, 5.74) is 1.02. The average Bonchev–Trinajstić information content (AvgIpc) is 3.07. The average molecular weight is 418 g/mol. The van der Waals surface area contributed by atoms with E-state index in [4.69, 9.17) is 9.47 Å². The lowest BCUT2D eigenvalue weighted by atomic mass is 10.0. The topological polar surface area (TPSA) is 75.7 Å². The zero-order valence-corrected chi connectivity index (χ0v) is 17.7. The summed E-state index contributed by atoms with van der Waals surface area (Å²) in [6, 6.07) is 16.8. The van der Waals surface area contributed by atoms with Crippen molar-refractivity contribution in [1.82, 2.24) is 0 Å². The van der Waals surface area contributed by atoms with Crippen LogP contribution in [0.1, 0.15) is 19.4 Å². The van der Waals surface area contributed by atoms with E-state index in [9.17, 15) is 13.6 Å². The second-order valence-electron chi connectivity index (χ2n) is 8.54. The molecule has 7 heteroatoms. The number of sulfone groups is 1. The lowest BCUT2D eigenvalue weighted by Crippen LogP contribution is -2.55. The van der Waals surface area contributed by atoms with Crippen LogP contribution in [0.25, 0.3) is 0 Å². The molecule has 4 rings (SSSR count). The van der Waals surface area contributed by atoms with E-state index >= 15 is 0 Å². The monoisotopic (exact) mass is 417 g/mol. The molecule has 156 valence electrons. The molecule has 2 heterocycles. The van der Waals surface area contributed by atoms with Gasteiger partial charge in [0.2, 0.25) is 0 Å². The summed E-state index contributed by atoms with van der Waals surface area (Å²) in [5.74, 6) is -1.12. The molecule has 0 aliphatic carbocycles. The lowest BCUT2D eigenvalue weighted by molar-refractivity contribution is -0.898. The number of ether oxygens (including phenoxy) is 2. The molecule has 0 spiro atoms. The van der Waals surface area contributed by atoms with Gasteiger partial charge in [-0.15, -0.1) is 0 Å². The van der Waals surface area contributed by atoms with Gasteiger partial charge in [-0.1, -0.05) is 48.5 Å². The van der Waals surface area contributed by atoms with Gasteiger partial charge < -0.3 is 19.3 Å². The minimum Gasteiger partial charge on any atom is -0.632 e. The largest absolute Gasteiger partial charge is 0.632 e. The van der Waals surface area contributed by atoms with E-state index in [1.54, 1.807) is 37.4 Å². The second kappa shape index (κ2) is 7.18. The standard InChI is InChI=1S/C22H27NO5S/c1-22(2)27-20-18(14-16-10-6-4-7-11-16)23(3,24)19(21(20)28-22)15-29(25,26)17-12-8-5-9-13-17/h4-13,18-21H,14-15H2,1-3H3/t18-,19+,20+,21-,23-/m1/s1. The van der Waals surface area contributed by atoms with Gasteiger partial charge in [-0.3, -0.25) is 0 Å². The van der Waals surface area contributed by atoms with Crippen molar-refractivity contribution in [2.24, 2.45) is 0 Å². The number of hydroxylamine groups is 3. The molecule has 0 amide bonds. The molecule has 0 saturated carbocycles. The van der Waals surface area contributed by atoms with Crippen molar-refractivity contribution in [3.05, 3.63) is 71.4 Å². The highest BCUT2D eigenvalue weighted by molar-refractivity contribution is 7.91. The molecule has 2 aliphatic heterocycles. The summed E-state index contributed by atoms with van der Waals surface area (Å²) in [6.45, 7) is 3.62. The van der Waals surface area contributed by atoms with Gasteiger partial charge in [0.15, 0.2) is 15.6 Å². The fourth-order valence-electron chi connectivity index (χ4n) is 4.59. The van der Waals surface area contributed by atoms with Crippen molar-refractivity contribution in [1.29, 1.82) is 0 Å². The first-order valence-corrected chi connectivity index (χ1v) is 11.5. The van der Waals surface area contributed by atoms with E-state index in [1.165, 1.54) is 0 Å². The van der Waals surface area contributed by atoms with Gasteiger partial charge in [-0.2, -0.15) is 0 Å². The van der Waals surface area contributed by atoms with E-state index < -0.39 is 44.6 Å². The van der Waals surface area contributed by atoms with Crippen molar-refractivity contribution < 1.29 is 22.5 Å². The maximum atomic E-state index is 13.8. The summed E-state index contributed by atoms with van der Waals surface area (Å²) in [6.07, 6.45) is -0.521. The lowest BCUT2D eigenvalue weighted by Gasteiger charge is -2.47. The molecular weight excluding hydrogens is 390 g/mol. The Bertz CT molecular complexity index is 959. The van der Waals surface area contributed by atoms with Crippen LogP contribution in [0.5, 0.6) is 0 Å². The smallest absolute Gasteiger partial charge is 0.184 e. The van der Waals surface area contributed by atoms with E-state index in [2.05, 4.69) is 0 Å². The number of hydrogen-bond donors (Lipinski definition) is 0. The summed E-state index contributed by atoms with van der Waals surface area (Å²) >= 11 is 0. The highest BCUT2D eigenvalue weighted by Crippen LogP contribution is 2.45. The maximum Gasteiger partial charge on any atom is 0.184 e. The van der Waals surface area contributed by atoms with Crippen LogP contribution in [0, 0.1) is 5.21 Å². The van der Waals surface area contributed by atoms with Gasteiger partial charge in [-0.05, 0) is 31.5 Å². The summed E-state index contributed by atoms with van der Waals surface area (Å²) in [7, 11) is -2.09. The number of hydrogen-bond acceptors (Lipinski definition) is 5. The first-order valence-electron chi connectivity index (χ1n) is 9.84. The highest BCUT2D eigenvalue weighted by Gasteiger charge is 2.63. The van der Waals surface area contributed by atoms with E-state index in [-0.39, 0.29) is 10.6 Å². The number of rotatable bonds is 5. The number of quaternary nitrogens is 1. The van der Waals surface area contributed by atoms with Gasteiger partial charge in [0.1, 0.15) is 30.0 Å². The van der Waals surface area contributed by atoms with Gasteiger partial charge in [-0.25, -0.2) is 8.42 Å². The zero-order valence-electron chi connectivity index (χ0n) is 16.9. The Morgan fingerprint density at radius 3 is 2.03 bits per heavy atom. The SMILES string of the molecule is CC1(C)O[C@@H]2[C@H](O1)[C@H](CS(=O)(=O)c1ccccc1)[N@+](C)([O-])[C@@H]2Cc1ccccc1. The molecular formula is C22H27NO5S. The van der Waals surface area contributed by atoms with E-state index in [0.29, 0.717) is 6.42 Å². The first kappa shape index (κ1) is 20.5.